The van der Waals surface area contributed by atoms with Crippen molar-refractivity contribution in [1.29, 1.82) is 0 Å². The molecule has 0 bridgehead atoms. The number of carbonyl (C=O) groups excluding carboxylic acids is 1. The molecule has 9 nitrogen and oxygen atoms in total. The number of hydrogen-bond acceptors (Lipinski definition) is 7. The number of benzene rings is 2. The Morgan fingerprint density at radius 1 is 1.05 bits per heavy atom. The number of carboxylic acids is 1. The molecule has 0 saturated carbocycles. The van der Waals surface area contributed by atoms with Crippen molar-refractivity contribution in [2.24, 2.45) is 0 Å². The van der Waals surface area contributed by atoms with Gasteiger partial charge in [-0.05, 0) is 81.6 Å². The fourth-order valence-electron chi connectivity index (χ4n) is 3.98. The van der Waals surface area contributed by atoms with Crippen molar-refractivity contribution in [3.05, 3.63) is 76.7 Å². The van der Waals surface area contributed by atoms with Crippen LogP contribution >= 0.6 is 0 Å². The van der Waals surface area contributed by atoms with Gasteiger partial charge in [0.25, 0.3) is 0 Å². The van der Waals surface area contributed by atoms with E-state index < -0.39 is 40.8 Å². The molecule has 0 fully saturated rings. The number of aryl methyl sites for hydroxylation is 1. The van der Waals surface area contributed by atoms with E-state index in [-0.39, 0.29) is 25.2 Å². The first-order valence-electron chi connectivity index (χ1n) is 12.8. The normalized spacial score (nSPS) is 11.6. The molecule has 42 heavy (non-hydrogen) atoms. The summed E-state index contributed by atoms with van der Waals surface area (Å²) in [7, 11) is 1.45. The predicted molar refractivity (Wildman–Crippen MR) is 148 cm³/mol. The monoisotopic (exact) mass is 592 g/mol. The molecule has 2 aromatic carbocycles. The van der Waals surface area contributed by atoms with E-state index in [1.54, 1.807) is 32.9 Å². The third-order valence-electron chi connectivity index (χ3n) is 5.97. The number of methoxy groups -OCH3 is 1. The summed E-state index contributed by atoms with van der Waals surface area (Å²) in [5.74, 6) is -1.83. The summed E-state index contributed by atoms with van der Waals surface area (Å²) in [4.78, 5) is 30.5. The maximum absolute atomic E-state index is 14.2. The highest BCUT2D eigenvalue weighted by atomic mass is 19.4. The Morgan fingerprint density at radius 2 is 1.74 bits per heavy atom. The third-order valence-corrected chi connectivity index (χ3v) is 5.97. The van der Waals surface area contributed by atoms with Crippen LogP contribution in [0, 0.1) is 5.82 Å². The molecule has 3 aromatic rings. The Labute approximate surface area is 240 Å². The van der Waals surface area contributed by atoms with Crippen molar-refractivity contribution in [3.8, 4) is 5.88 Å². The Kier molecular flexibility index (Phi) is 9.87. The molecular formula is C29H32F4N4O5. The lowest BCUT2D eigenvalue weighted by molar-refractivity contribution is -0.137. The molecule has 226 valence electrons. The van der Waals surface area contributed by atoms with Crippen molar-refractivity contribution in [2.75, 3.05) is 24.7 Å². The molecule has 3 rings (SSSR count). The number of anilines is 3. The average Bonchev–Trinajstić information content (AvgIpc) is 2.89. The van der Waals surface area contributed by atoms with E-state index in [4.69, 9.17) is 15.2 Å². The number of hydrogen-bond donors (Lipinski definition) is 3. The maximum Gasteiger partial charge on any atom is 0.416 e. The number of nitrogens with two attached hydrogens (primary N) is 1. The molecule has 0 saturated heterocycles. The minimum Gasteiger partial charge on any atom is -0.481 e. The molecule has 0 aliphatic heterocycles. The number of carboxylic acid groups (broad SMARTS) is 1. The summed E-state index contributed by atoms with van der Waals surface area (Å²) in [6.45, 7) is 5.30. The van der Waals surface area contributed by atoms with Crippen LogP contribution in [0.25, 0.3) is 0 Å². The summed E-state index contributed by atoms with van der Waals surface area (Å²) in [6.07, 6.45) is -4.84. The van der Waals surface area contributed by atoms with Crippen LogP contribution in [0.1, 0.15) is 54.4 Å². The second kappa shape index (κ2) is 13.0. The molecule has 1 heterocycles. The number of amides is 1. The Bertz CT molecular complexity index is 1440. The van der Waals surface area contributed by atoms with Crippen LogP contribution < -0.4 is 15.8 Å². The van der Waals surface area contributed by atoms with Gasteiger partial charge < -0.3 is 30.5 Å². The molecule has 13 heteroatoms. The summed E-state index contributed by atoms with van der Waals surface area (Å²) >= 11 is 0. The smallest absolute Gasteiger partial charge is 0.416 e. The number of rotatable bonds is 10. The number of halogens is 4. The highest BCUT2D eigenvalue weighted by Crippen LogP contribution is 2.33. The number of nitrogens with one attached hydrogen (secondary N) is 1. The topological polar surface area (TPSA) is 127 Å². The Morgan fingerprint density at radius 3 is 2.36 bits per heavy atom. The van der Waals surface area contributed by atoms with Gasteiger partial charge in [-0.3, -0.25) is 0 Å². The molecular weight excluding hydrogens is 560 g/mol. The number of aromatic nitrogens is 1. The zero-order chi connectivity index (χ0) is 31.2. The number of pyridine rings is 1. The number of aromatic carboxylic acids is 1. The minimum atomic E-state index is -4.73. The second-order valence-electron chi connectivity index (χ2n) is 10.4. The molecule has 0 radical (unpaired) electrons. The van der Waals surface area contributed by atoms with E-state index in [9.17, 15) is 32.3 Å². The van der Waals surface area contributed by atoms with Crippen LogP contribution in [0.3, 0.4) is 0 Å². The van der Waals surface area contributed by atoms with Crippen molar-refractivity contribution < 1.29 is 41.7 Å². The number of nitrogens with zero attached hydrogens (tertiary/aromatic N) is 2. The molecule has 1 aromatic heterocycles. The minimum absolute atomic E-state index is 0.000268. The molecule has 0 aliphatic carbocycles. The summed E-state index contributed by atoms with van der Waals surface area (Å²) < 4.78 is 64.3. The lowest BCUT2D eigenvalue weighted by atomic mass is 10.0. The van der Waals surface area contributed by atoms with Gasteiger partial charge in [-0.25, -0.2) is 19.0 Å². The molecule has 0 aliphatic rings. The van der Waals surface area contributed by atoms with Gasteiger partial charge in [0, 0.05) is 18.3 Å². The third kappa shape index (κ3) is 8.72. The van der Waals surface area contributed by atoms with E-state index >= 15 is 0 Å². The molecule has 0 unspecified atom stereocenters. The van der Waals surface area contributed by atoms with Gasteiger partial charge in [-0.1, -0.05) is 0 Å². The van der Waals surface area contributed by atoms with Gasteiger partial charge >= 0.3 is 18.2 Å². The standard InChI is InChI=1S/C29H32F4N4O5/c1-28(2,3)42-27(40)37(16-24-21(34)9-12-25(36-24)41-4)13-5-6-17-14-19(30)8-11-22(17)35-23-10-7-18(29(31,32)33)15-20(23)26(38)39/h7-12,14-15,35H,5-6,13,16,34H2,1-4H3,(H,38,39). The fraction of sp³-hybridized carbons (Fsp3) is 0.345. The Balaban J connectivity index is 1.84. The van der Waals surface area contributed by atoms with E-state index in [1.807, 2.05) is 0 Å². The van der Waals surface area contributed by atoms with Gasteiger partial charge in [0.2, 0.25) is 5.88 Å². The van der Waals surface area contributed by atoms with Crippen LogP contribution in [0.2, 0.25) is 0 Å². The number of alkyl halides is 3. The largest absolute Gasteiger partial charge is 0.481 e. The lowest BCUT2D eigenvalue weighted by Gasteiger charge is -2.27. The highest BCUT2D eigenvalue weighted by molar-refractivity contribution is 5.95. The zero-order valence-electron chi connectivity index (χ0n) is 23.5. The SMILES string of the molecule is COc1ccc(N)c(CN(CCCc2cc(F)ccc2Nc2ccc(C(F)(F)F)cc2C(=O)O)C(=O)OC(C)(C)C)n1. The van der Waals surface area contributed by atoms with Crippen molar-refractivity contribution in [2.45, 2.75) is 51.9 Å². The van der Waals surface area contributed by atoms with Crippen LogP contribution in [-0.4, -0.2) is 46.3 Å². The maximum atomic E-state index is 14.2. The van der Waals surface area contributed by atoms with Crippen LogP contribution in [0.4, 0.5) is 39.4 Å². The van der Waals surface area contributed by atoms with E-state index in [2.05, 4.69) is 10.3 Å². The molecule has 0 spiro atoms. The van der Waals surface area contributed by atoms with Crippen molar-refractivity contribution in [1.82, 2.24) is 9.88 Å². The van der Waals surface area contributed by atoms with Gasteiger partial charge in [0.15, 0.2) is 0 Å². The first kappa shape index (κ1) is 32.0. The summed E-state index contributed by atoms with van der Waals surface area (Å²) in [6, 6.07) is 9.22. The van der Waals surface area contributed by atoms with Crippen molar-refractivity contribution >= 4 is 29.1 Å². The predicted octanol–water partition coefficient (Wildman–Crippen LogP) is 6.64. The van der Waals surface area contributed by atoms with Gasteiger partial charge in [0.1, 0.15) is 11.4 Å². The van der Waals surface area contributed by atoms with Gasteiger partial charge in [0.05, 0.1) is 41.9 Å². The number of nitrogen functional groups attached to an aromatic ring is 1. The Hall–Kier alpha value is -4.55. The first-order valence-corrected chi connectivity index (χ1v) is 12.8. The highest BCUT2D eigenvalue weighted by Gasteiger charge is 2.32. The molecule has 4 N–H and O–H groups in total. The van der Waals surface area contributed by atoms with Crippen LogP contribution in [0.5, 0.6) is 5.88 Å². The quantitative estimate of drug-likeness (QED) is 0.224. The van der Waals surface area contributed by atoms with Crippen LogP contribution in [-0.2, 0) is 23.9 Å². The summed E-state index contributed by atoms with van der Waals surface area (Å²) in [5, 5.41) is 12.3. The summed E-state index contributed by atoms with van der Waals surface area (Å²) in [5.41, 5.74) is 4.90. The first-order chi connectivity index (χ1) is 19.6. The molecule has 0 atom stereocenters. The van der Waals surface area contributed by atoms with Gasteiger partial charge in [-0.2, -0.15) is 13.2 Å². The number of carbonyl (C=O) groups is 2. The van der Waals surface area contributed by atoms with E-state index in [0.29, 0.717) is 41.0 Å². The van der Waals surface area contributed by atoms with Gasteiger partial charge in [-0.15, -0.1) is 0 Å². The molecule has 1 amide bonds. The van der Waals surface area contributed by atoms with E-state index in [1.165, 1.54) is 24.1 Å². The van der Waals surface area contributed by atoms with E-state index in [0.717, 1.165) is 18.2 Å². The lowest BCUT2D eigenvalue weighted by Crippen LogP contribution is -2.37. The average molecular weight is 593 g/mol. The zero-order valence-corrected chi connectivity index (χ0v) is 23.5. The van der Waals surface area contributed by atoms with Crippen LogP contribution in [0.15, 0.2) is 48.5 Å². The second-order valence-corrected chi connectivity index (χ2v) is 10.4. The fourth-order valence-corrected chi connectivity index (χ4v) is 3.98. The van der Waals surface area contributed by atoms with Crippen molar-refractivity contribution in [3.63, 3.8) is 0 Å². The number of ether oxygens (including phenoxy) is 2.